The van der Waals surface area contributed by atoms with E-state index >= 15 is 0 Å². The number of ether oxygens (including phenoxy) is 1. The molecule has 3 amide bonds. The summed E-state index contributed by atoms with van der Waals surface area (Å²) in [5.74, 6) is 0.205. The molecule has 1 heterocycles. The molecule has 0 aliphatic carbocycles. The van der Waals surface area contributed by atoms with Gasteiger partial charge in [0.1, 0.15) is 25.0 Å². The average Bonchev–Trinajstić information content (AvgIpc) is 2.96. The number of carbonyl (C=O) groups is 2. The average molecular weight is 594 g/mol. The Morgan fingerprint density at radius 1 is 1.05 bits per heavy atom. The number of halogens is 2. The van der Waals surface area contributed by atoms with E-state index in [0.717, 1.165) is 22.2 Å². The van der Waals surface area contributed by atoms with Crippen LogP contribution in [0, 0.1) is 6.92 Å². The second kappa shape index (κ2) is 13.3. The van der Waals surface area contributed by atoms with Gasteiger partial charge in [0.15, 0.2) is 0 Å². The van der Waals surface area contributed by atoms with E-state index in [9.17, 15) is 9.59 Å². The number of hydrogen-bond donors (Lipinski definition) is 2. The quantitative estimate of drug-likeness (QED) is 0.168. The van der Waals surface area contributed by atoms with E-state index in [1.807, 2.05) is 43.3 Å². The Bertz CT molecular complexity index is 1630. The number of pyridine rings is 1. The molecular formula is C30H29Cl2N5O4. The number of amides is 3. The fraction of sp³-hybridized carbons (Fsp3) is 0.200. The zero-order valence-electron chi connectivity index (χ0n) is 23.0. The molecule has 0 spiro atoms. The van der Waals surface area contributed by atoms with Crippen LogP contribution >= 0.6 is 23.2 Å². The highest BCUT2D eigenvalue weighted by molar-refractivity contribution is 6.38. The van der Waals surface area contributed by atoms with Crippen molar-refractivity contribution in [2.45, 2.75) is 20.5 Å². The molecule has 4 rings (SSSR count). The Labute approximate surface area is 248 Å². The number of anilines is 2. The summed E-state index contributed by atoms with van der Waals surface area (Å²) in [6.45, 7) is 3.50. The second-order valence-corrected chi connectivity index (χ2v) is 9.91. The Kier molecular flexibility index (Phi) is 9.65. The van der Waals surface area contributed by atoms with Crippen LogP contribution in [0.2, 0.25) is 10.0 Å². The molecule has 0 aliphatic heterocycles. The van der Waals surface area contributed by atoms with Gasteiger partial charge in [-0.3, -0.25) is 4.79 Å². The Morgan fingerprint density at radius 2 is 1.83 bits per heavy atom. The monoisotopic (exact) mass is 593 g/mol. The number of oxime groups is 1. The number of aryl methyl sites for hydroxylation is 1. The maximum Gasteiger partial charge on any atom is 0.319 e. The fourth-order valence-electron chi connectivity index (χ4n) is 4.06. The molecule has 1 aromatic heterocycles. The number of fused-ring (bicyclic) bond motifs is 1. The molecule has 4 aromatic rings. The van der Waals surface area contributed by atoms with E-state index in [2.05, 4.69) is 20.8 Å². The number of hydrogen-bond acceptors (Lipinski definition) is 6. The van der Waals surface area contributed by atoms with Gasteiger partial charge >= 0.3 is 6.03 Å². The molecule has 41 heavy (non-hydrogen) atoms. The normalized spacial score (nSPS) is 11.2. The van der Waals surface area contributed by atoms with Gasteiger partial charge in [0.2, 0.25) is 5.91 Å². The van der Waals surface area contributed by atoms with Crippen LogP contribution in [-0.4, -0.2) is 43.3 Å². The van der Waals surface area contributed by atoms with Crippen LogP contribution < -0.4 is 20.3 Å². The predicted octanol–water partition coefficient (Wildman–Crippen LogP) is 6.58. The number of aromatic nitrogens is 1. The van der Waals surface area contributed by atoms with E-state index in [-0.39, 0.29) is 24.1 Å². The minimum Gasteiger partial charge on any atom is -0.487 e. The lowest BCUT2D eigenvalue weighted by Gasteiger charge is -2.21. The van der Waals surface area contributed by atoms with Crippen molar-refractivity contribution in [3.05, 3.63) is 93.6 Å². The number of benzene rings is 3. The van der Waals surface area contributed by atoms with E-state index < -0.39 is 6.03 Å². The van der Waals surface area contributed by atoms with E-state index in [1.165, 1.54) is 12.0 Å². The third kappa shape index (κ3) is 7.25. The molecule has 0 fully saturated rings. The van der Waals surface area contributed by atoms with Crippen molar-refractivity contribution < 1.29 is 19.2 Å². The summed E-state index contributed by atoms with van der Waals surface area (Å²) in [5, 5.41) is 10.8. The summed E-state index contributed by atoms with van der Waals surface area (Å²) in [5.41, 5.74) is 4.52. The highest BCUT2D eigenvalue weighted by atomic mass is 35.5. The number of nitrogens with one attached hydrogen (secondary N) is 2. The maximum absolute atomic E-state index is 12.9. The molecule has 9 nitrogen and oxygen atoms in total. The SMILES string of the molecule is CO/N=C(\C)c1cccc(NC(=O)NCC(=O)N(C)c2ccc(Cl)c(COc3cccc4ccc(C)nc34)c2Cl)c1. The molecule has 2 N–H and O–H groups in total. The van der Waals surface area contributed by atoms with Crippen molar-refractivity contribution in [3.8, 4) is 5.75 Å². The largest absolute Gasteiger partial charge is 0.487 e. The van der Waals surface area contributed by atoms with Gasteiger partial charge in [0, 0.05) is 40.0 Å². The molecule has 0 saturated heterocycles. The van der Waals surface area contributed by atoms with Crippen molar-refractivity contribution in [2.75, 3.05) is 30.9 Å². The first-order chi connectivity index (χ1) is 19.7. The zero-order valence-corrected chi connectivity index (χ0v) is 24.5. The van der Waals surface area contributed by atoms with Crippen molar-refractivity contribution >= 4 is 63.1 Å². The summed E-state index contributed by atoms with van der Waals surface area (Å²) >= 11 is 13.2. The number of rotatable bonds is 9. The number of likely N-dealkylation sites (N-methyl/N-ethyl adjacent to an activating group) is 1. The van der Waals surface area contributed by atoms with Crippen molar-refractivity contribution in [3.63, 3.8) is 0 Å². The molecule has 0 radical (unpaired) electrons. The molecule has 0 atom stereocenters. The van der Waals surface area contributed by atoms with E-state index in [0.29, 0.717) is 33.4 Å². The topological polar surface area (TPSA) is 105 Å². The Balaban J connectivity index is 1.41. The van der Waals surface area contributed by atoms with Crippen LogP contribution in [0.1, 0.15) is 23.7 Å². The summed E-state index contributed by atoms with van der Waals surface area (Å²) in [7, 11) is 3.03. The van der Waals surface area contributed by atoms with Gasteiger partial charge in [-0.2, -0.15) is 0 Å². The second-order valence-electron chi connectivity index (χ2n) is 9.13. The number of nitrogens with zero attached hydrogens (tertiary/aromatic N) is 3. The molecule has 0 unspecified atom stereocenters. The van der Waals surface area contributed by atoms with E-state index in [1.54, 1.807) is 44.3 Å². The molecule has 3 aromatic carbocycles. The number of carbonyl (C=O) groups excluding carboxylic acids is 2. The van der Waals surface area contributed by atoms with Crippen LogP contribution in [0.4, 0.5) is 16.2 Å². The third-order valence-corrected chi connectivity index (χ3v) is 7.04. The van der Waals surface area contributed by atoms with Crippen molar-refractivity contribution in [1.29, 1.82) is 0 Å². The van der Waals surface area contributed by atoms with Crippen LogP contribution in [-0.2, 0) is 16.2 Å². The fourth-order valence-corrected chi connectivity index (χ4v) is 4.66. The molecule has 0 saturated carbocycles. The Hall–Kier alpha value is -4.34. The molecule has 11 heteroatoms. The van der Waals surface area contributed by atoms with Gasteiger partial charge in [0.25, 0.3) is 0 Å². The summed E-state index contributed by atoms with van der Waals surface area (Å²) in [6.07, 6.45) is 0. The first kappa shape index (κ1) is 29.6. The lowest BCUT2D eigenvalue weighted by molar-refractivity contribution is -0.117. The molecule has 0 bridgehead atoms. The van der Waals surface area contributed by atoms with Crippen LogP contribution in [0.3, 0.4) is 0 Å². The van der Waals surface area contributed by atoms with Gasteiger partial charge in [-0.15, -0.1) is 0 Å². The summed E-state index contributed by atoms with van der Waals surface area (Å²) in [4.78, 5) is 36.2. The van der Waals surface area contributed by atoms with Gasteiger partial charge in [0.05, 0.1) is 23.0 Å². The maximum atomic E-state index is 12.9. The summed E-state index contributed by atoms with van der Waals surface area (Å²) < 4.78 is 6.07. The third-order valence-electron chi connectivity index (χ3n) is 6.26. The van der Waals surface area contributed by atoms with Gasteiger partial charge in [-0.05, 0) is 50.2 Å². The summed E-state index contributed by atoms with van der Waals surface area (Å²) in [6, 6.07) is 19.4. The lowest BCUT2D eigenvalue weighted by atomic mass is 10.1. The van der Waals surface area contributed by atoms with Crippen molar-refractivity contribution in [1.82, 2.24) is 10.3 Å². The van der Waals surface area contributed by atoms with Crippen molar-refractivity contribution in [2.24, 2.45) is 5.16 Å². The van der Waals surface area contributed by atoms with Crippen LogP contribution in [0.15, 0.2) is 71.9 Å². The van der Waals surface area contributed by atoms with Crippen LogP contribution in [0.25, 0.3) is 10.9 Å². The zero-order chi connectivity index (χ0) is 29.5. The standard InChI is InChI=1S/C30H29Cl2N5O4/c1-18-11-12-20-7-6-10-26(29(20)34-18)41-17-23-24(31)13-14-25(28(23)32)37(3)27(38)16-33-30(39)35-22-9-5-8-21(15-22)19(2)36-40-4/h5-15H,16-17H2,1-4H3,(H2,33,35,39)/b36-19+. The first-order valence-electron chi connectivity index (χ1n) is 12.6. The van der Waals surface area contributed by atoms with Crippen LogP contribution in [0.5, 0.6) is 5.75 Å². The van der Waals surface area contributed by atoms with Gasteiger partial charge < -0.3 is 25.1 Å². The Morgan fingerprint density at radius 3 is 2.61 bits per heavy atom. The predicted molar refractivity (Wildman–Crippen MR) is 163 cm³/mol. The first-order valence-corrected chi connectivity index (χ1v) is 13.4. The van der Waals surface area contributed by atoms with Gasteiger partial charge in [-0.1, -0.05) is 58.7 Å². The minimum absolute atomic E-state index is 0.0660. The minimum atomic E-state index is -0.541. The number of para-hydroxylation sites is 1. The number of urea groups is 1. The van der Waals surface area contributed by atoms with E-state index in [4.69, 9.17) is 32.8 Å². The highest BCUT2D eigenvalue weighted by Crippen LogP contribution is 2.35. The van der Waals surface area contributed by atoms with Gasteiger partial charge in [-0.25, -0.2) is 9.78 Å². The smallest absolute Gasteiger partial charge is 0.319 e. The lowest BCUT2D eigenvalue weighted by Crippen LogP contribution is -2.40. The molecule has 0 aliphatic rings. The molecular weight excluding hydrogens is 565 g/mol. The molecule has 212 valence electrons. The highest BCUT2D eigenvalue weighted by Gasteiger charge is 2.19.